The number of pyridine rings is 1. The van der Waals surface area contributed by atoms with Gasteiger partial charge < -0.3 is 9.40 Å². The molecule has 1 N–H and O–H groups in total. The van der Waals surface area contributed by atoms with Gasteiger partial charge in [-0.15, -0.1) is 5.10 Å². The third-order valence-electron chi connectivity index (χ3n) is 6.71. The van der Waals surface area contributed by atoms with E-state index in [4.69, 9.17) is 4.42 Å². The summed E-state index contributed by atoms with van der Waals surface area (Å²) in [6, 6.07) is 11.8. The summed E-state index contributed by atoms with van der Waals surface area (Å²) in [6.07, 6.45) is 4.38. The van der Waals surface area contributed by atoms with Crippen LogP contribution in [-0.2, 0) is 18.6 Å². The zero-order valence-electron chi connectivity index (χ0n) is 20.7. The number of aromatic amines is 1. The Labute approximate surface area is 200 Å². The average Bonchev–Trinajstić information content (AvgIpc) is 3.51. The zero-order chi connectivity index (χ0) is 24.3. The highest BCUT2D eigenvalue weighted by atomic mass is 16.3. The molecule has 8 nitrogen and oxygen atoms in total. The van der Waals surface area contributed by atoms with Gasteiger partial charge in [0.1, 0.15) is 5.76 Å². The number of benzene rings is 1. The van der Waals surface area contributed by atoms with Crippen LogP contribution in [0.4, 0.5) is 0 Å². The number of rotatable bonds is 10. The second kappa shape index (κ2) is 9.93. The molecule has 0 saturated carbocycles. The number of hydrogen-bond donors (Lipinski definition) is 1. The molecule has 1 aromatic carbocycles. The number of furan rings is 1. The van der Waals surface area contributed by atoms with Gasteiger partial charge in [-0.1, -0.05) is 38.5 Å². The van der Waals surface area contributed by atoms with E-state index in [2.05, 4.69) is 53.1 Å². The lowest BCUT2D eigenvalue weighted by molar-refractivity contribution is 0.135. The van der Waals surface area contributed by atoms with Crippen LogP contribution in [0.3, 0.4) is 0 Å². The summed E-state index contributed by atoms with van der Waals surface area (Å²) in [6.45, 7) is 11.6. The van der Waals surface area contributed by atoms with Crippen LogP contribution in [0, 0.1) is 6.92 Å². The lowest BCUT2D eigenvalue weighted by atomic mass is 10.0. The molecule has 180 valence electrons. The molecule has 0 saturated heterocycles. The van der Waals surface area contributed by atoms with Crippen molar-refractivity contribution in [2.24, 2.45) is 0 Å². The molecule has 0 amide bonds. The van der Waals surface area contributed by atoms with Crippen molar-refractivity contribution in [2.45, 2.75) is 78.6 Å². The first-order valence-electron chi connectivity index (χ1n) is 12.0. The number of hydrogen-bond acceptors (Lipinski definition) is 6. The van der Waals surface area contributed by atoms with E-state index in [9.17, 15) is 4.79 Å². The summed E-state index contributed by atoms with van der Waals surface area (Å²) in [5.74, 6) is 1.65. The summed E-state index contributed by atoms with van der Waals surface area (Å²) in [5, 5.41) is 13.9. The Morgan fingerprint density at radius 2 is 2.00 bits per heavy atom. The van der Waals surface area contributed by atoms with Crippen molar-refractivity contribution < 1.29 is 4.42 Å². The molecule has 0 unspecified atom stereocenters. The minimum Gasteiger partial charge on any atom is -0.468 e. The molecular formula is C26H34N6O2. The molecule has 34 heavy (non-hydrogen) atoms. The van der Waals surface area contributed by atoms with Crippen molar-refractivity contribution >= 4 is 10.9 Å². The van der Waals surface area contributed by atoms with Gasteiger partial charge in [0.25, 0.3) is 5.56 Å². The molecule has 8 heteroatoms. The molecule has 1 atom stereocenters. The Morgan fingerprint density at radius 1 is 1.18 bits per heavy atom. The number of H-pyrrole nitrogens is 1. The maximum absolute atomic E-state index is 13.1. The highest BCUT2D eigenvalue weighted by Crippen LogP contribution is 2.31. The van der Waals surface area contributed by atoms with E-state index in [-0.39, 0.29) is 17.1 Å². The standard InChI is InChI=1S/C26H34N6O2/c1-6-10-22(24-28-29-30-32(24)26(4,5)7-2)31(17-21-13-9-14-34-21)16-20-15-19-12-8-11-18(3)23(19)27-25(20)33/h8-9,11-15,22H,6-7,10,16-17H2,1-5H3,(H,27,33)/t22-/m1/s1. The van der Waals surface area contributed by atoms with E-state index in [1.54, 1.807) is 6.26 Å². The Morgan fingerprint density at radius 3 is 2.71 bits per heavy atom. The second-order valence-electron chi connectivity index (χ2n) is 9.57. The van der Waals surface area contributed by atoms with Gasteiger partial charge in [-0.25, -0.2) is 4.68 Å². The first-order chi connectivity index (χ1) is 16.3. The number of nitrogens with one attached hydrogen (secondary N) is 1. The van der Waals surface area contributed by atoms with Gasteiger partial charge in [-0.05, 0) is 73.2 Å². The van der Waals surface area contributed by atoms with Crippen molar-refractivity contribution in [2.75, 3.05) is 0 Å². The average molecular weight is 463 g/mol. The molecular weight excluding hydrogens is 428 g/mol. The van der Waals surface area contributed by atoms with Gasteiger partial charge >= 0.3 is 0 Å². The van der Waals surface area contributed by atoms with Crippen LogP contribution >= 0.6 is 0 Å². The fraction of sp³-hybridized carbons (Fsp3) is 0.462. The van der Waals surface area contributed by atoms with E-state index in [0.717, 1.165) is 47.3 Å². The van der Waals surface area contributed by atoms with Gasteiger partial charge in [-0.3, -0.25) is 9.69 Å². The van der Waals surface area contributed by atoms with Crippen molar-refractivity contribution in [3.8, 4) is 0 Å². The molecule has 3 heterocycles. The molecule has 0 bridgehead atoms. The van der Waals surface area contributed by atoms with E-state index in [1.807, 2.05) is 48.0 Å². The quantitative estimate of drug-likeness (QED) is 0.352. The topological polar surface area (TPSA) is 92.8 Å². The fourth-order valence-electron chi connectivity index (χ4n) is 4.37. The van der Waals surface area contributed by atoms with Crippen molar-refractivity contribution in [3.63, 3.8) is 0 Å². The van der Waals surface area contributed by atoms with Crippen molar-refractivity contribution in [1.29, 1.82) is 0 Å². The number of aromatic nitrogens is 5. The van der Waals surface area contributed by atoms with Crippen LogP contribution in [-0.4, -0.2) is 30.1 Å². The van der Waals surface area contributed by atoms with Crippen LogP contribution in [0.5, 0.6) is 0 Å². The zero-order valence-corrected chi connectivity index (χ0v) is 20.7. The van der Waals surface area contributed by atoms with Crippen molar-refractivity contribution in [1.82, 2.24) is 30.1 Å². The smallest absolute Gasteiger partial charge is 0.252 e. The molecule has 4 rings (SSSR count). The maximum Gasteiger partial charge on any atom is 0.252 e. The predicted molar refractivity (Wildman–Crippen MR) is 132 cm³/mol. The van der Waals surface area contributed by atoms with Crippen LogP contribution in [0.15, 0.2) is 51.9 Å². The number of aryl methyl sites for hydroxylation is 1. The summed E-state index contributed by atoms with van der Waals surface area (Å²) in [5.41, 5.74) is 2.35. The van der Waals surface area contributed by atoms with Crippen LogP contribution < -0.4 is 5.56 Å². The minimum atomic E-state index is -0.223. The lowest BCUT2D eigenvalue weighted by Gasteiger charge is -2.33. The number of fused-ring (bicyclic) bond motifs is 1. The molecule has 3 aromatic heterocycles. The van der Waals surface area contributed by atoms with E-state index in [1.165, 1.54) is 0 Å². The van der Waals surface area contributed by atoms with E-state index < -0.39 is 0 Å². The highest BCUT2D eigenvalue weighted by Gasteiger charge is 2.32. The Bertz CT molecular complexity index is 1290. The summed E-state index contributed by atoms with van der Waals surface area (Å²) in [7, 11) is 0. The van der Waals surface area contributed by atoms with Gasteiger partial charge in [0.15, 0.2) is 5.82 Å². The molecule has 4 aromatic rings. The summed E-state index contributed by atoms with van der Waals surface area (Å²) < 4.78 is 7.64. The summed E-state index contributed by atoms with van der Waals surface area (Å²) >= 11 is 0. The van der Waals surface area contributed by atoms with Gasteiger partial charge in [-0.2, -0.15) is 0 Å². The second-order valence-corrected chi connectivity index (χ2v) is 9.57. The fourth-order valence-corrected chi connectivity index (χ4v) is 4.37. The summed E-state index contributed by atoms with van der Waals surface area (Å²) in [4.78, 5) is 18.5. The number of nitrogens with zero attached hydrogens (tertiary/aromatic N) is 5. The molecule has 0 aliphatic carbocycles. The van der Waals surface area contributed by atoms with E-state index in [0.29, 0.717) is 18.7 Å². The first-order valence-corrected chi connectivity index (χ1v) is 12.0. The van der Waals surface area contributed by atoms with Crippen LogP contribution in [0.2, 0.25) is 0 Å². The Kier molecular flexibility index (Phi) is 6.97. The monoisotopic (exact) mass is 462 g/mol. The van der Waals surface area contributed by atoms with E-state index >= 15 is 0 Å². The number of tetrazole rings is 1. The molecule has 0 radical (unpaired) electrons. The Balaban J connectivity index is 1.78. The number of para-hydroxylation sites is 1. The highest BCUT2D eigenvalue weighted by molar-refractivity contribution is 5.81. The van der Waals surface area contributed by atoms with Crippen molar-refractivity contribution in [3.05, 3.63) is 75.7 Å². The van der Waals surface area contributed by atoms with Gasteiger partial charge in [0.2, 0.25) is 0 Å². The molecule has 0 aliphatic rings. The van der Waals surface area contributed by atoms with Gasteiger partial charge in [0, 0.05) is 12.1 Å². The molecule has 0 aliphatic heterocycles. The van der Waals surface area contributed by atoms with Crippen LogP contribution in [0.25, 0.3) is 10.9 Å². The minimum absolute atomic E-state index is 0.0741. The SMILES string of the molecule is CCC[C@H](c1nnnn1C(C)(C)CC)N(Cc1ccco1)Cc1cc2cccc(C)c2[nH]c1=O. The first kappa shape index (κ1) is 23.9. The lowest BCUT2D eigenvalue weighted by Crippen LogP contribution is -2.36. The maximum atomic E-state index is 13.1. The third-order valence-corrected chi connectivity index (χ3v) is 6.71. The molecule has 0 fully saturated rings. The third kappa shape index (κ3) is 4.82. The normalized spacial score (nSPS) is 13.1. The van der Waals surface area contributed by atoms with Gasteiger partial charge in [0.05, 0.1) is 29.9 Å². The predicted octanol–water partition coefficient (Wildman–Crippen LogP) is 5.10. The molecule has 0 spiro atoms. The largest absolute Gasteiger partial charge is 0.468 e. The van der Waals surface area contributed by atoms with Crippen LogP contribution in [0.1, 0.15) is 75.7 Å². The Hall–Kier alpha value is -3.26.